The molecule has 0 aliphatic carbocycles. The maximum Gasteiger partial charge on any atom is 0.243 e. The number of rotatable bonds is 8. The van der Waals surface area contributed by atoms with Gasteiger partial charge in [-0.2, -0.15) is 0 Å². The van der Waals surface area contributed by atoms with E-state index < -0.39 is 23.9 Å². The Morgan fingerprint density at radius 3 is 1.69 bits per heavy atom. The second-order valence-corrected chi connectivity index (χ2v) is 6.10. The first-order valence-electron chi connectivity index (χ1n) is 8.40. The van der Waals surface area contributed by atoms with Crippen LogP contribution in [0.2, 0.25) is 0 Å². The number of carbonyl (C=O) groups is 3. The smallest absolute Gasteiger partial charge is 0.243 e. The van der Waals surface area contributed by atoms with Gasteiger partial charge in [0, 0.05) is 19.8 Å². The molecular weight excluding hydrogens is 330 g/mol. The Morgan fingerprint density at radius 2 is 1.27 bits per heavy atom. The molecule has 0 aromatic heterocycles. The van der Waals surface area contributed by atoms with Crippen molar-refractivity contribution in [2.45, 2.75) is 31.8 Å². The summed E-state index contributed by atoms with van der Waals surface area (Å²) in [4.78, 5) is 35.9. The van der Waals surface area contributed by atoms with Crippen molar-refractivity contribution in [3.8, 4) is 0 Å². The third-order valence-electron chi connectivity index (χ3n) is 3.92. The first-order chi connectivity index (χ1) is 12.5. The Balaban J connectivity index is 2.09. The summed E-state index contributed by atoms with van der Waals surface area (Å²) in [6, 6.07) is 17.0. The average molecular weight is 353 g/mol. The maximum atomic E-state index is 12.7. The van der Waals surface area contributed by atoms with Crippen LogP contribution >= 0.6 is 0 Å². The lowest BCUT2D eigenvalue weighted by atomic mass is 10.0. The van der Waals surface area contributed by atoms with Crippen LogP contribution in [-0.2, 0) is 27.2 Å². The van der Waals surface area contributed by atoms with Crippen molar-refractivity contribution >= 4 is 17.7 Å². The van der Waals surface area contributed by atoms with Crippen molar-refractivity contribution in [1.82, 2.24) is 10.6 Å². The van der Waals surface area contributed by atoms with E-state index in [4.69, 9.17) is 5.73 Å². The van der Waals surface area contributed by atoms with E-state index in [-0.39, 0.29) is 5.91 Å². The molecule has 3 amide bonds. The zero-order chi connectivity index (χ0) is 18.9. The molecule has 26 heavy (non-hydrogen) atoms. The monoisotopic (exact) mass is 353 g/mol. The van der Waals surface area contributed by atoms with Crippen LogP contribution < -0.4 is 16.4 Å². The van der Waals surface area contributed by atoms with Gasteiger partial charge in [0.25, 0.3) is 0 Å². The average Bonchev–Trinajstić information content (AvgIpc) is 2.62. The van der Waals surface area contributed by atoms with Gasteiger partial charge < -0.3 is 16.4 Å². The minimum atomic E-state index is -0.850. The lowest BCUT2D eigenvalue weighted by Crippen LogP contribution is -2.54. The summed E-state index contributed by atoms with van der Waals surface area (Å²) in [6.45, 7) is 1.35. The van der Waals surface area contributed by atoms with Crippen molar-refractivity contribution in [3.05, 3.63) is 71.8 Å². The van der Waals surface area contributed by atoms with E-state index in [1.807, 2.05) is 60.7 Å². The highest BCUT2D eigenvalue weighted by Gasteiger charge is 2.25. The molecule has 0 saturated carbocycles. The van der Waals surface area contributed by atoms with Gasteiger partial charge >= 0.3 is 0 Å². The molecule has 0 spiro atoms. The number of hydrogen-bond acceptors (Lipinski definition) is 3. The fourth-order valence-corrected chi connectivity index (χ4v) is 2.65. The number of nitrogens with one attached hydrogen (secondary N) is 2. The molecule has 4 N–H and O–H groups in total. The molecule has 0 aliphatic rings. The Labute approximate surface area is 152 Å². The molecule has 6 nitrogen and oxygen atoms in total. The van der Waals surface area contributed by atoms with Crippen LogP contribution in [0, 0.1) is 0 Å². The molecule has 0 fully saturated rings. The zero-order valence-electron chi connectivity index (χ0n) is 14.6. The summed E-state index contributed by atoms with van der Waals surface area (Å²) in [5.74, 6) is -1.38. The van der Waals surface area contributed by atoms with Crippen LogP contribution in [0.25, 0.3) is 0 Å². The predicted octanol–water partition coefficient (Wildman–Crippen LogP) is 0.947. The lowest BCUT2D eigenvalue weighted by Gasteiger charge is -2.21. The second-order valence-electron chi connectivity index (χ2n) is 6.10. The van der Waals surface area contributed by atoms with E-state index >= 15 is 0 Å². The molecule has 0 radical (unpaired) electrons. The Morgan fingerprint density at radius 1 is 0.808 bits per heavy atom. The quantitative estimate of drug-likeness (QED) is 0.658. The van der Waals surface area contributed by atoms with E-state index in [0.29, 0.717) is 12.8 Å². The van der Waals surface area contributed by atoms with E-state index in [1.165, 1.54) is 6.92 Å². The first-order valence-corrected chi connectivity index (χ1v) is 8.40. The highest BCUT2D eigenvalue weighted by atomic mass is 16.2. The topological polar surface area (TPSA) is 101 Å². The minimum absolute atomic E-state index is 0.292. The van der Waals surface area contributed by atoms with Gasteiger partial charge in [-0.1, -0.05) is 60.7 Å². The van der Waals surface area contributed by atoms with Gasteiger partial charge in [0.05, 0.1) is 0 Å². The SMILES string of the molecule is CC(=O)N[C@@H](Cc1ccccc1)C(=O)N[C@H](Cc1ccccc1)C(N)=O. The molecule has 136 valence electrons. The summed E-state index contributed by atoms with van der Waals surface area (Å²) < 4.78 is 0. The normalized spacial score (nSPS) is 12.7. The number of hydrogen-bond donors (Lipinski definition) is 3. The molecule has 0 bridgehead atoms. The molecule has 6 heteroatoms. The standard InChI is InChI=1S/C20H23N3O3/c1-14(24)22-18(13-16-10-6-3-7-11-16)20(26)23-17(19(21)25)12-15-8-4-2-5-9-15/h2-11,17-18H,12-13H2,1H3,(H2,21,25)(H,22,24)(H,23,26)/t17-,18+/m1/s1. The minimum Gasteiger partial charge on any atom is -0.368 e. The van der Waals surface area contributed by atoms with E-state index in [1.54, 1.807) is 0 Å². The van der Waals surface area contributed by atoms with Crippen molar-refractivity contribution in [3.63, 3.8) is 0 Å². The van der Waals surface area contributed by atoms with Crippen LogP contribution in [0.15, 0.2) is 60.7 Å². The molecule has 2 rings (SSSR count). The zero-order valence-corrected chi connectivity index (χ0v) is 14.6. The van der Waals surface area contributed by atoms with Crippen molar-refractivity contribution in [1.29, 1.82) is 0 Å². The molecule has 0 unspecified atom stereocenters. The number of amides is 3. The maximum absolute atomic E-state index is 12.7. The molecule has 2 aromatic rings. The first kappa shape index (κ1) is 19.2. The van der Waals surface area contributed by atoms with Crippen LogP contribution in [0.1, 0.15) is 18.1 Å². The molecule has 0 heterocycles. The van der Waals surface area contributed by atoms with Gasteiger partial charge in [0.2, 0.25) is 17.7 Å². The van der Waals surface area contributed by atoms with E-state index in [0.717, 1.165) is 11.1 Å². The number of primary amides is 1. The van der Waals surface area contributed by atoms with E-state index in [2.05, 4.69) is 10.6 Å². The van der Waals surface area contributed by atoms with Crippen molar-refractivity contribution in [2.24, 2.45) is 5.73 Å². The third-order valence-corrected chi connectivity index (χ3v) is 3.92. The van der Waals surface area contributed by atoms with Crippen LogP contribution in [0.4, 0.5) is 0 Å². The largest absolute Gasteiger partial charge is 0.368 e. The fraction of sp³-hybridized carbons (Fsp3) is 0.250. The van der Waals surface area contributed by atoms with Crippen molar-refractivity contribution in [2.75, 3.05) is 0 Å². The number of carbonyl (C=O) groups excluding carboxylic acids is 3. The summed E-state index contributed by atoms with van der Waals surface area (Å²) >= 11 is 0. The van der Waals surface area contributed by atoms with Gasteiger partial charge in [-0.05, 0) is 11.1 Å². The van der Waals surface area contributed by atoms with Gasteiger partial charge in [0.1, 0.15) is 12.1 Å². The molecule has 0 aliphatic heterocycles. The highest BCUT2D eigenvalue weighted by Crippen LogP contribution is 2.06. The highest BCUT2D eigenvalue weighted by molar-refractivity contribution is 5.91. The van der Waals surface area contributed by atoms with Crippen LogP contribution in [-0.4, -0.2) is 29.8 Å². The summed E-state index contributed by atoms with van der Waals surface area (Å²) in [7, 11) is 0. The Kier molecular flexibility index (Phi) is 6.91. The summed E-state index contributed by atoms with van der Waals surface area (Å²) in [5, 5.41) is 5.30. The molecule has 2 atom stereocenters. The van der Waals surface area contributed by atoms with Gasteiger partial charge in [-0.3, -0.25) is 14.4 Å². The Hall–Kier alpha value is -3.15. The van der Waals surface area contributed by atoms with Crippen molar-refractivity contribution < 1.29 is 14.4 Å². The van der Waals surface area contributed by atoms with Gasteiger partial charge in [-0.15, -0.1) is 0 Å². The predicted molar refractivity (Wildman–Crippen MR) is 99.0 cm³/mol. The second kappa shape index (κ2) is 9.36. The van der Waals surface area contributed by atoms with Gasteiger partial charge in [0.15, 0.2) is 0 Å². The summed E-state index contributed by atoms with van der Waals surface area (Å²) in [6.07, 6.45) is 0.614. The molecule has 0 saturated heterocycles. The molecular formula is C20H23N3O3. The number of nitrogens with two attached hydrogens (primary N) is 1. The number of benzene rings is 2. The van der Waals surface area contributed by atoms with Gasteiger partial charge in [-0.25, -0.2) is 0 Å². The van der Waals surface area contributed by atoms with Crippen LogP contribution in [0.5, 0.6) is 0 Å². The van der Waals surface area contributed by atoms with Crippen LogP contribution in [0.3, 0.4) is 0 Å². The molecule has 2 aromatic carbocycles. The summed E-state index contributed by atoms with van der Waals surface area (Å²) in [5.41, 5.74) is 7.23. The third kappa shape index (κ3) is 6.05. The fourth-order valence-electron chi connectivity index (χ4n) is 2.65. The van der Waals surface area contributed by atoms with E-state index in [9.17, 15) is 14.4 Å². The lowest BCUT2D eigenvalue weighted by molar-refractivity contribution is -0.130. The Bertz CT molecular complexity index is 747.